The van der Waals surface area contributed by atoms with Crippen LogP contribution in [0, 0.1) is 0 Å². The molecule has 0 aromatic rings. The van der Waals surface area contributed by atoms with Gasteiger partial charge in [0, 0.05) is 13.8 Å². The molecule has 0 aliphatic carbocycles. The Labute approximate surface area is 77.6 Å². The molecule has 0 amide bonds. The van der Waals surface area contributed by atoms with E-state index in [4.69, 9.17) is 9.47 Å². The molecule has 0 aliphatic rings. The van der Waals surface area contributed by atoms with Gasteiger partial charge in [0.2, 0.25) is 0 Å². The monoisotopic (exact) mass is 189 g/mol. The third-order valence-corrected chi connectivity index (χ3v) is 1.11. The normalized spacial score (nSPS) is 10.3. The van der Waals surface area contributed by atoms with E-state index < -0.39 is 18.2 Å². The fraction of sp³-hybridized carbons (Fsp3) is 0.750. The molecule has 5 heteroatoms. The molecule has 0 aromatic heterocycles. The molecule has 0 unspecified atom stereocenters. The van der Waals surface area contributed by atoms with Gasteiger partial charge in [0.05, 0.1) is 6.54 Å². The van der Waals surface area contributed by atoms with E-state index in [2.05, 4.69) is 0 Å². The molecule has 0 aromatic carbocycles. The highest BCUT2D eigenvalue weighted by Crippen LogP contribution is 1.97. The molecule has 5 nitrogen and oxygen atoms in total. The Bertz CT molecular complexity index is 175. The molecule has 0 aliphatic heterocycles. The first-order valence-electron chi connectivity index (χ1n) is 3.91. The summed E-state index contributed by atoms with van der Waals surface area (Å²) in [6.07, 6.45) is -0.815. The van der Waals surface area contributed by atoms with Crippen molar-refractivity contribution in [2.45, 2.75) is 20.1 Å². The Balaban J connectivity index is 4.02. The first-order valence-corrected chi connectivity index (χ1v) is 3.91. The summed E-state index contributed by atoms with van der Waals surface area (Å²) in [4.78, 5) is 22.9. The minimum atomic E-state index is -0.815. The minimum Gasteiger partial charge on any atom is -0.424 e. The first kappa shape index (κ1) is 11.9. The molecule has 0 heterocycles. The number of rotatable bonds is 4. The zero-order valence-corrected chi connectivity index (χ0v) is 8.36. The standard InChI is InChI=1S/C8H15NO4/c1-6(10)12-8(5-9(3)4)13-7(2)11/h8H,5H2,1-4H3. The van der Waals surface area contributed by atoms with Gasteiger partial charge in [-0.15, -0.1) is 0 Å². The van der Waals surface area contributed by atoms with Crippen molar-refractivity contribution in [3.8, 4) is 0 Å². The van der Waals surface area contributed by atoms with E-state index >= 15 is 0 Å². The molecule has 0 spiro atoms. The lowest BCUT2D eigenvalue weighted by molar-refractivity contribution is -0.186. The summed E-state index contributed by atoms with van der Waals surface area (Å²) in [6, 6.07) is 0. The molecule has 0 rings (SSSR count). The summed E-state index contributed by atoms with van der Waals surface area (Å²) >= 11 is 0. The van der Waals surface area contributed by atoms with E-state index in [1.54, 1.807) is 19.0 Å². The second-order valence-electron chi connectivity index (χ2n) is 2.91. The molecular formula is C8H15NO4. The Morgan fingerprint density at radius 2 is 1.54 bits per heavy atom. The molecule has 0 N–H and O–H groups in total. The van der Waals surface area contributed by atoms with Crippen LogP contribution in [0.25, 0.3) is 0 Å². The third-order valence-electron chi connectivity index (χ3n) is 1.11. The number of carbonyl (C=O) groups excluding carboxylic acids is 2. The van der Waals surface area contributed by atoms with Crippen LogP contribution in [0.3, 0.4) is 0 Å². The molecule has 0 saturated carbocycles. The van der Waals surface area contributed by atoms with Crippen molar-refractivity contribution >= 4 is 11.9 Å². The van der Waals surface area contributed by atoms with Crippen molar-refractivity contribution in [1.29, 1.82) is 0 Å². The van der Waals surface area contributed by atoms with Gasteiger partial charge in [-0.05, 0) is 14.1 Å². The molecule has 0 atom stereocenters. The van der Waals surface area contributed by atoms with Gasteiger partial charge in [0.25, 0.3) is 6.29 Å². The van der Waals surface area contributed by atoms with E-state index in [1.807, 2.05) is 0 Å². The van der Waals surface area contributed by atoms with Crippen molar-refractivity contribution < 1.29 is 19.1 Å². The highest BCUT2D eigenvalue weighted by atomic mass is 16.7. The molecule has 13 heavy (non-hydrogen) atoms. The van der Waals surface area contributed by atoms with Crippen LogP contribution in [0.4, 0.5) is 0 Å². The molecule has 76 valence electrons. The van der Waals surface area contributed by atoms with Crippen molar-refractivity contribution in [3.05, 3.63) is 0 Å². The van der Waals surface area contributed by atoms with Crippen LogP contribution in [0.1, 0.15) is 13.8 Å². The van der Waals surface area contributed by atoms with E-state index in [-0.39, 0.29) is 0 Å². The summed E-state index contributed by atoms with van der Waals surface area (Å²) in [7, 11) is 3.58. The van der Waals surface area contributed by atoms with Crippen molar-refractivity contribution in [2.75, 3.05) is 20.6 Å². The average molecular weight is 189 g/mol. The number of hydrogen-bond donors (Lipinski definition) is 0. The summed E-state index contributed by atoms with van der Waals surface area (Å²) in [5, 5.41) is 0. The minimum absolute atomic E-state index is 0.360. The van der Waals surface area contributed by atoms with Gasteiger partial charge in [-0.3, -0.25) is 9.59 Å². The van der Waals surface area contributed by atoms with E-state index in [0.717, 1.165) is 0 Å². The van der Waals surface area contributed by atoms with Crippen LogP contribution in [0.15, 0.2) is 0 Å². The van der Waals surface area contributed by atoms with Gasteiger partial charge in [-0.25, -0.2) is 0 Å². The Hall–Kier alpha value is -1.10. The van der Waals surface area contributed by atoms with Crippen LogP contribution in [0.2, 0.25) is 0 Å². The third kappa shape index (κ3) is 7.27. The lowest BCUT2D eigenvalue weighted by Gasteiger charge is -2.19. The van der Waals surface area contributed by atoms with Gasteiger partial charge in [0.1, 0.15) is 0 Å². The van der Waals surface area contributed by atoms with E-state index in [0.29, 0.717) is 6.54 Å². The maximum absolute atomic E-state index is 10.6. The lowest BCUT2D eigenvalue weighted by Crippen LogP contribution is -2.33. The van der Waals surface area contributed by atoms with Crippen LogP contribution in [-0.2, 0) is 19.1 Å². The molecule has 0 fully saturated rings. The van der Waals surface area contributed by atoms with Crippen LogP contribution in [-0.4, -0.2) is 43.8 Å². The number of ether oxygens (including phenoxy) is 2. The fourth-order valence-electron chi connectivity index (χ4n) is 0.767. The van der Waals surface area contributed by atoms with Gasteiger partial charge in [0.15, 0.2) is 0 Å². The molecule has 0 saturated heterocycles. The second kappa shape index (κ2) is 5.53. The van der Waals surface area contributed by atoms with Crippen molar-refractivity contribution in [3.63, 3.8) is 0 Å². The van der Waals surface area contributed by atoms with Gasteiger partial charge in [-0.1, -0.05) is 0 Å². The molecule has 0 bridgehead atoms. The van der Waals surface area contributed by atoms with Crippen molar-refractivity contribution in [1.82, 2.24) is 4.90 Å². The summed E-state index contributed by atoms with van der Waals surface area (Å²) in [5.41, 5.74) is 0. The topological polar surface area (TPSA) is 55.8 Å². The van der Waals surface area contributed by atoms with E-state index in [1.165, 1.54) is 13.8 Å². The van der Waals surface area contributed by atoms with E-state index in [9.17, 15) is 9.59 Å². The number of nitrogens with zero attached hydrogens (tertiary/aromatic N) is 1. The van der Waals surface area contributed by atoms with Gasteiger partial charge >= 0.3 is 11.9 Å². The Morgan fingerprint density at radius 1 is 1.15 bits per heavy atom. The summed E-state index contributed by atoms with van der Waals surface area (Å²) in [5.74, 6) is -0.929. The van der Waals surface area contributed by atoms with Crippen LogP contribution >= 0.6 is 0 Å². The quantitative estimate of drug-likeness (QED) is 0.460. The SMILES string of the molecule is CC(=O)OC(CN(C)C)OC(C)=O. The number of carbonyl (C=O) groups is 2. The predicted octanol–water partition coefficient (Wildman–Crippen LogP) is 0.000300. The number of likely N-dealkylation sites (N-methyl/N-ethyl adjacent to an activating group) is 1. The highest BCUT2D eigenvalue weighted by Gasteiger charge is 2.15. The zero-order chi connectivity index (χ0) is 10.4. The predicted molar refractivity (Wildman–Crippen MR) is 45.9 cm³/mol. The summed E-state index contributed by atoms with van der Waals surface area (Å²) in [6.45, 7) is 2.90. The molecular weight excluding hydrogens is 174 g/mol. The zero-order valence-electron chi connectivity index (χ0n) is 8.36. The number of hydrogen-bond acceptors (Lipinski definition) is 5. The Kier molecular flexibility index (Phi) is 5.06. The summed E-state index contributed by atoms with van der Waals surface area (Å²) < 4.78 is 9.50. The second-order valence-corrected chi connectivity index (χ2v) is 2.91. The van der Waals surface area contributed by atoms with Gasteiger partial charge in [-0.2, -0.15) is 0 Å². The van der Waals surface area contributed by atoms with Crippen molar-refractivity contribution in [2.24, 2.45) is 0 Å². The largest absolute Gasteiger partial charge is 0.424 e. The average Bonchev–Trinajstić information content (AvgIpc) is 1.80. The van der Waals surface area contributed by atoms with Crippen LogP contribution < -0.4 is 0 Å². The Morgan fingerprint density at radius 3 is 1.77 bits per heavy atom. The maximum Gasteiger partial charge on any atom is 0.305 e. The number of esters is 2. The highest BCUT2D eigenvalue weighted by molar-refractivity contribution is 5.68. The molecule has 0 radical (unpaired) electrons. The lowest BCUT2D eigenvalue weighted by atomic mass is 10.5. The van der Waals surface area contributed by atoms with Crippen LogP contribution in [0.5, 0.6) is 0 Å². The fourth-order valence-corrected chi connectivity index (χ4v) is 0.767. The first-order chi connectivity index (χ1) is 5.91. The van der Waals surface area contributed by atoms with Gasteiger partial charge < -0.3 is 14.4 Å². The maximum atomic E-state index is 10.6. The smallest absolute Gasteiger partial charge is 0.305 e.